The van der Waals surface area contributed by atoms with Gasteiger partial charge in [0.1, 0.15) is 18.7 Å². The smallest absolute Gasteiger partial charge is 0.408 e. The van der Waals surface area contributed by atoms with Crippen LogP contribution in [0.2, 0.25) is 5.02 Å². The Morgan fingerprint density at radius 3 is 2.39 bits per heavy atom. The minimum atomic E-state index is -1.20. The van der Waals surface area contributed by atoms with Gasteiger partial charge in [-0.25, -0.2) is 9.59 Å². The molecule has 0 heterocycles. The molecular formula is C22H24BrClN2O5. The number of hydrogen-bond donors (Lipinski definition) is 3. The van der Waals surface area contributed by atoms with Gasteiger partial charge in [-0.3, -0.25) is 4.79 Å². The molecule has 166 valence electrons. The van der Waals surface area contributed by atoms with Gasteiger partial charge in [-0.05, 0) is 35.2 Å². The van der Waals surface area contributed by atoms with E-state index in [-0.39, 0.29) is 18.9 Å². The molecule has 0 saturated carbocycles. The van der Waals surface area contributed by atoms with Crippen LogP contribution in [0.3, 0.4) is 0 Å². The van der Waals surface area contributed by atoms with Crippen molar-refractivity contribution in [2.45, 2.75) is 39.0 Å². The number of halogens is 2. The number of hydrogen-bond acceptors (Lipinski definition) is 4. The summed E-state index contributed by atoms with van der Waals surface area (Å²) in [5.41, 5.74) is 1.44. The zero-order valence-electron chi connectivity index (χ0n) is 17.1. The van der Waals surface area contributed by atoms with Crippen molar-refractivity contribution in [2.75, 3.05) is 0 Å². The molecule has 0 aliphatic carbocycles. The van der Waals surface area contributed by atoms with Crippen LogP contribution >= 0.6 is 27.5 Å². The van der Waals surface area contributed by atoms with Crippen LogP contribution in [0.5, 0.6) is 0 Å². The second kappa shape index (κ2) is 11.7. The Kier molecular flexibility index (Phi) is 9.33. The zero-order valence-corrected chi connectivity index (χ0v) is 19.4. The Hall–Kier alpha value is -2.58. The van der Waals surface area contributed by atoms with Crippen LogP contribution in [-0.4, -0.2) is 35.2 Å². The fourth-order valence-corrected chi connectivity index (χ4v) is 3.41. The number of ether oxygens (including phenoxy) is 1. The first-order valence-electron chi connectivity index (χ1n) is 9.61. The molecule has 0 unspecified atom stereocenters. The van der Waals surface area contributed by atoms with E-state index >= 15 is 0 Å². The molecule has 9 heteroatoms. The van der Waals surface area contributed by atoms with E-state index in [1.54, 1.807) is 32.0 Å². The first-order chi connectivity index (χ1) is 14.7. The van der Waals surface area contributed by atoms with Crippen molar-refractivity contribution in [3.05, 3.63) is 69.2 Å². The number of nitrogens with one attached hydrogen (secondary N) is 2. The van der Waals surface area contributed by atoms with Crippen molar-refractivity contribution in [2.24, 2.45) is 5.92 Å². The number of rotatable bonds is 9. The molecule has 0 fully saturated rings. The summed E-state index contributed by atoms with van der Waals surface area (Å²) in [5.74, 6) is -2.11. The van der Waals surface area contributed by atoms with Crippen molar-refractivity contribution in [1.82, 2.24) is 10.6 Å². The Bertz CT molecular complexity index is 923. The first-order valence-corrected chi connectivity index (χ1v) is 10.8. The first kappa shape index (κ1) is 24.7. The van der Waals surface area contributed by atoms with E-state index in [9.17, 15) is 19.5 Å². The van der Waals surface area contributed by atoms with Gasteiger partial charge < -0.3 is 20.5 Å². The molecule has 0 aromatic heterocycles. The van der Waals surface area contributed by atoms with E-state index in [2.05, 4.69) is 26.6 Å². The number of aliphatic carboxylic acids is 1. The molecular weight excluding hydrogens is 488 g/mol. The van der Waals surface area contributed by atoms with Crippen LogP contribution < -0.4 is 10.6 Å². The largest absolute Gasteiger partial charge is 0.480 e. The van der Waals surface area contributed by atoms with Gasteiger partial charge in [0.2, 0.25) is 5.91 Å². The standard InChI is InChI=1S/C22H24BrClN2O5/c1-13(2)19(26-22(30)31-12-14-6-4-3-5-7-14)20(27)25-18(21(28)29)11-15-10-16(24)8-9-17(15)23/h3-10,13,18-19H,11-12H2,1-2H3,(H,25,27)(H,26,30)(H,28,29)/t18-,19-/m0/s1. The van der Waals surface area contributed by atoms with Gasteiger partial charge in [0.25, 0.3) is 0 Å². The molecule has 31 heavy (non-hydrogen) atoms. The number of carbonyl (C=O) groups is 3. The summed E-state index contributed by atoms with van der Waals surface area (Å²) in [6.07, 6.45) is -0.743. The van der Waals surface area contributed by atoms with Gasteiger partial charge in [-0.2, -0.15) is 0 Å². The molecule has 0 aliphatic heterocycles. The van der Waals surface area contributed by atoms with Crippen LogP contribution in [0.4, 0.5) is 4.79 Å². The molecule has 2 amide bonds. The zero-order chi connectivity index (χ0) is 23.0. The third-order valence-electron chi connectivity index (χ3n) is 4.48. The number of amides is 2. The molecule has 2 aromatic rings. The van der Waals surface area contributed by atoms with E-state index in [0.717, 1.165) is 5.56 Å². The predicted octanol–water partition coefficient (Wildman–Crippen LogP) is 4.17. The molecule has 3 N–H and O–H groups in total. The lowest BCUT2D eigenvalue weighted by molar-refractivity contribution is -0.142. The summed E-state index contributed by atoms with van der Waals surface area (Å²) in [7, 11) is 0. The third kappa shape index (κ3) is 7.88. The summed E-state index contributed by atoms with van der Waals surface area (Å²) in [5, 5.41) is 15.1. The molecule has 0 bridgehead atoms. The summed E-state index contributed by atoms with van der Waals surface area (Å²) in [6.45, 7) is 3.54. The number of carboxylic acids is 1. The molecule has 2 rings (SSSR count). The van der Waals surface area contributed by atoms with E-state index in [0.29, 0.717) is 15.1 Å². The highest BCUT2D eigenvalue weighted by molar-refractivity contribution is 9.10. The predicted molar refractivity (Wildman–Crippen MR) is 121 cm³/mol. The lowest BCUT2D eigenvalue weighted by Crippen LogP contribution is -2.54. The number of benzene rings is 2. The van der Waals surface area contributed by atoms with E-state index in [1.165, 1.54) is 0 Å². The van der Waals surface area contributed by atoms with Gasteiger partial charge >= 0.3 is 12.1 Å². The number of alkyl carbamates (subject to hydrolysis) is 1. The molecule has 0 aliphatic rings. The summed E-state index contributed by atoms with van der Waals surface area (Å²) in [4.78, 5) is 36.7. The quantitative estimate of drug-likeness (QED) is 0.469. The topological polar surface area (TPSA) is 105 Å². The van der Waals surface area contributed by atoms with E-state index in [4.69, 9.17) is 16.3 Å². The lowest BCUT2D eigenvalue weighted by atomic mass is 10.0. The van der Waals surface area contributed by atoms with Crippen molar-refractivity contribution in [3.8, 4) is 0 Å². The van der Waals surface area contributed by atoms with Crippen LogP contribution in [0.1, 0.15) is 25.0 Å². The maximum atomic E-state index is 12.8. The van der Waals surface area contributed by atoms with Gasteiger partial charge in [-0.1, -0.05) is 71.7 Å². The Morgan fingerprint density at radius 1 is 1.10 bits per heavy atom. The Morgan fingerprint density at radius 2 is 1.77 bits per heavy atom. The maximum Gasteiger partial charge on any atom is 0.408 e. The van der Waals surface area contributed by atoms with Crippen LogP contribution in [0.25, 0.3) is 0 Å². The SMILES string of the molecule is CC(C)[C@H](NC(=O)OCc1ccccc1)C(=O)N[C@@H](Cc1cc(Cl)ccc1Br)C(=O)O. The third-order valence-corrected chi connectivity index (χ3v) is 5.49. The van der Waals surface area contributed by atoms with Crippen LogP contribution in [0.15, 0.2) is 53.0 Å². The van der Waals surface area contributed by atoms with Crippen LogP contribution in [0, 0.1) is 5.92 Å². The average molecular weight is 512 g/mol. The summed E-state index contributed by atoms with van der Waals surface area (Å²) >= 11 is 9.35. The van der Waals surface area contributed by atoms with E-state index in [1.807, 2.05) is 30.3 Å². The molecule has 2 atom stereocenters. The number of carbonyl (C=O) groups excluding carboxylic acids is 2. The van der Waals surface area contributed by atoms with Crippen molar-refractivity contribution < 1.29 is 24.2 Å². The fourth-order valence-electron chi connectivity index (χ4n) is 2.81. The summed E-state index contributed by atoms with van der Waals surface area (Å²) < 4.78 is 5.85. The molecule has 0 spiro atoms. The van der Waals surface area contributed by atoms with Gasteiger partial charge in [0, 0.05) is 15.9 Å². The lowest BCUT2D eigenvalue weighted by Gasteiger charge is -2.24. The van der Waals surface area contributed by atoms with Gasteiger partial charge in [0.15, 0.2) is 0 Å². The maximum absolute atomic E-state index is 12.8. The van der Waals surface area contributed by atoms with Crippen molar-refractivity contribution in [3.63, 3.8) is 0 Å². The molecule has 2 aromatic carbocycles. The summed E-state index contributed by atoms with van der Waals surface area (Å²) in [6, 6.07) is 12.0. The average Bonchev–Trinajstić information content (AvgIpc) is 2.72. The second-order valence-corrected chi connectivity index (χ2v) is 8.56. The monoisotopic (exact) mass is 510 g/mol. The van der Waals surface area contributed by atoms with Crippen molar-refractivity contribution >= 4 is 45.5 Å². The highest BCUT2D eigenvalue weighted by Crippen LogP contribution is 2.22. The highest BCUT2D eigenvalue weighted by atomic mass is 79.9. The Labute approximate surface area is 194 Å². The fraction of sp³-hybridized carbons (Fsp3) is 0.318. The van der Waals surface area contributed by atoms with Crippen LogP contribution in [-0.2, 0) is 27.4 Å². The second-order valence-electron chi connectivity index (χ2n) is 7.27. The van der Waals surface area contributed by atoms with Crippen molar-refractivity contribution in [1.29, 1.82) is 0 Å². The normalized spacial score (nSPS) is 12.7. The molecule has 0 radical (unpaired) electrons. The van der Waals surface area contributed by atoms with Gasteiger partial charge in [-0.15, -0.1) is 0 Å². The highest BCUT2D eigenvalue weighted by Gasteiger charge is 2.29. The van der Waals surface area contributed by atoms with Gasteiger partial charge in [0.05, 0.1) is 0 Å². The minimum absolute atomic E-state index is 0.0193. The minimum Gasteiger partial charge on any atom is -0.480 e. The molecule has 0 saturated heterocycles. The molecule has 7 nitrogen and oxygen atoms in total. The number of carboxylic acid groups (broad SMARTS) is 1. The van der Waals surface area contributed by atoms with E-state index < -0.39 is 30.1 Å². The Balaban J connectivity index is 2.02.